The van der Waals surface area contributed by atoms with Crippen LogP contribution in [-0.2, 0) is 21.4 Å². The topological polar surface area (TPSA) is 106 Å². The van der Waals surface area contributed by atoms with Gasteiger partial charge in [-0.3, -0.25) is 4.79 Å². The van der Waals surface area contributed by atoms with Crippen molar-refractivity contribution < 1.29 is 17.9 Å². The van der Waals surface area contributed by atoms with E-state index < -0.39 is 10.0 Å². The minimum atomic E-state index is -3.71. The van der Waals surface area contributed by atoms with Crippen molar-refractivity contribution in [3.8, 4) is 5.75 Å². The normalized spacial score (nSPS) is 17.2. The predicted octanol–water partition coefficient (Wildman–Crippen LogP) is 3.48. The van der Waals surface area contributed by atoms with Gasteiger partial charge in [0.2, 0.25) is 15.9 Å². The number of anilines is 1. The van der Waals surface area contributed by atoms with Crippen LogP contribution in [0.3, 0.4) is 0 Å². The quantitative estimate of drug-likeness (QED) is 0.505. The van der Waals surface area contributed by atoms with Crippen LogP contribution < -0.4 is 10.1 Å². The van der Waals surface area contributed by atoms with Gasteiger partial charge in [0.1, 0.15) is 16.5 Å². The monoisotopic (exact) mass is 493 g/mol. The number of thioether (sulfide) groups is 1. The van der Waals surface area contributed by atoms with E-state index in [1.807, 2.05) is 13.8 Å². The van der Waals surface area contributed by atoms with Crippen LogP contribution in [0.15, 0.2) is 28.3 Å². The molecule has 1 aromatic heterocycles. The molecule has 1 aliphatic carbocycles. The lowest BCUT2D eigenvalue weighted by molar-refractivity contribution is -0.113. The molecule has 4 rings (SSSR count). The molecule has 33 heavy (non-hydrogen) atoms. The molecule has 0 atom stereocenters. The van der Waals surface area contributed by atoms with Crippen molar-refractivity contribution in [2.75, 3.05) is 30.8 Å². The van der Waals surface area contributed by atoms with E-state index in [1.54, 1.807) is 12.1 Å². The number of hydrogen-bond acceptors (Lipinski definition) is 7. The second-order valence-electron chi connectivity index (χ2n) is 8.26. The molecule has 0 unspecified atom stereocenters. The van der Waals surface area contributed by atoms with Crippen molar-refractivity contribution in [3.05, 3.63) is 24.0 Å². The van der Waals surface area contributed by atoms with Gasteiger partial charge in [-0.15, -0.1) is 10.2 Å². The lowest BCUT2D eigenvalue weighted by Crippen LogP contribution is -2.35. The Morgan fingerprint density at radius 1 is 1.18 bits per heavy atom. The molecule has 1 N–H and O–H groups in total. The maximum Gasteiger partial charge on any atom is 0.246 e. The number of carbonyl (C=O) groups is 1. The van der Waals surface area contributed by atoms with Crippen LogP contribution in [-0.4, -0.2) is 58.8 Å². The Bertz CT molecular complexity index is 1090. The summed E-state index contributed by atoms with van der Waals surface area (Å²) < 4.78 is 35.7. The second-order valence-corrected chi connectivity index (χ2v) is 11.1. The summed E-state index contributed by atoms with van der Waals surface area (Å²) in [6.07, 6.45) is 5.02. The summed E-state index contributed by atoms with van der Waals surface area (Å²) in [5.74, 6) is 1.72. The average Bonchev–Trinajstić information content (AvgIpc) is 3.58. The molecule has 1 aliphatic heterocycles. The number of aromatic nitrogens is 3. The van der Waals surface area contributed by atoms with Gasteiger partial charge in [-0.25, -0.2) is 8.42 Å². The molecule has 2 aromatic rings. The highest BCUT2D eigenvalue weighted by Crippen LogP contribution is 2.40. The van der Waals surface area contributed by atoms with E-state index in [4.69, 9.17) is 4.74 Å². The van der Waals surface area contributed by atoms with Gasteiger partial charge in [0.15, 0.2) is 5.16 Å². The summed E-state index contributed by atoms with van der Waals surface area (Å²) in [4.78, 5) is 12.7. The van der Waals surface area contributed by atoms with Crippen molar-refractivity contribution in [1.29, 1.82) is 0 Å². The van der Waals surface area contributed by atoms with Crippen molar-refractivity contribution in [2.24, 2.45) is 0 Å². The van der Waals surface area contributed by atoms with E-state index in [2.05, 4.69) is 20.1 Å². The summed E-state index contributed by atoms with van der Waals surface area (Å²) in [5, 5.41) is 12.1. The fraction of sp³-hybridized carbons (Fsp3) is 0.591. The van der Waals surface area contributed by atoms with Gasteiger partial charge in [0.25, 0.3) is 0 Å². The van der Waals surface area contributed by atoms with Gasteiger partial charge < -0.3 is 14.6 Å². The zero-order chi connectivity index (χ0) is 23.4. The molecule has 0 bridgehead atoms. The third-order valence-corrected chi connectivity index (χ3v) is 8.68. The van der Waals surface area contributed by atoms with Crippen molar-refractivity contribution in [3.63, 3.8) is 0 Å². The van der Waals surface area contributed by atoms with E-state index in [-0.39, 0.29) is 16.6 Å². The van der Waals surface area contributed by atoms with Crippen LogP contribution in [0.1, 0.15) is 57.7 Å². The summed E-state index contributed by atoms with van der Waals surface area (Å²) >= 11 is 1.33. The average molecular weight is 494 g/mol. The van der Waals surface area contributed by atoms with Gasteiger partial charge >= 0.3 is 0 Å². The molecule has 1 saturated carbocycles. The van der Waals surface area contributed by atoms with Gasteiger partial charge in [-0.05, 0) is 57.7 Å². The SMILES string of the molecule is CCOc1ccc(NC(=O)CSc2nnc(C3CC3)n2CC)cc1S(=O)(=O)N1CCCCC1. The zero-order valence-electron chi connectivity index (χ0n) is 19.1. The Balaban J connectivity index is 1.46. The first-order valence-corrected chi connectivity index (χ1v) is 14.0. The van der Waals surface area contributed by atoms with Crippen molar-refractivity contribution in [2.45, 2.75) is 68.5 Å². The molecule has 11 heteroatoms. The first kappa shape index (κ1) is 24.0. The molecule has 1 aromatic carbocycles. The second kappa shape index (κ2) is 10.4. The summed E-state index contributed by atoms with van der Waals surface area (Å²) in [6, 6.07) is 4.78. The van der Waals surface area contributed by atoms with E-state index in [0.29, 0.717) is 37.1 Å². The molecule has 2 heterocycles. The number of amides is 1. The predicted molar refractivity (Wildman–Crippen MR) is 127 cm³/mol. The van der Waals surface area contributed by atoms with Crippen LogP contribution >= 0.6 is 11.8 Å². The lowest BCUT2D eigenvalue weighted by Gasteiger charge is -2.27. The number of nitrogens with one attached hydrogen (secondary N) is 1. The highest BCUT2D eigenvalue weighted by atomic mass is 32.2. The van der Waals surface area contributed by atoms with E-state index in [9.17, 15) is 13.2 Å². The first-order valence-electron chi connectivity index (χ1n) is 11.6. The van der Waals surface area contributed by atoms with E-state index in [0.717, 1.165) is 49.6 Å². The number of benzene rings is 1. The van der Waals surface area contributed by atoms with Crippen LogP contribution in [0.4, 0.5) is 5.69 Å². The zero-order valence-corrected chi connectivity index (χ0v) is 20.8. The first-order chi connectivity index (χ1) is 15.9. The van der Waals surface area contributed by atoms with Gasteiger partial charge in [-0.2, -0.15) is 4.31 Å². The largest absolute Gasteiger partial charge is 0.492 e. The van der Waals surface area contributed by atoms with Crippen molar-refractivity contribution in [1.82, 2.24) is 19.1 Å². The van der Waals surface area contributed by atoms with E-state index in [1.165, 1.54) is 22.1 Å². The Morgan fingerprint density at radius 3 is 2.61 bits per heavy atom. The minimum absolute atomic E-state index is 0.0940. The molecule has 0 radical (unpaired) electrons. The Morgan fingerprint density at radius 2 is 1.94 bits per heavy atom. The molecule has 2 aliphatic rings. The number of carbonyl (C=O) groups excluding carboxylic acids is 1. The number of nitrogens with zero attached hydrogens (tertiary/aromatic N) is 4. The summed E-state index contributed by atoms with van der Waals surface area (Å²) in [6.45, 7) is 5.98. The Labute approximate surface area is 199 Å². The maximum absolute atomic E-state index is 13.3. The Hall–Kier alpha value is -2.11. The van der Waals surface area contributed by atoms with E-state index >= 15 is 0 Å². The number of sulfonamides is 1. The molecule has 2 fully saturated rings. The molecule has 1 saturated heterocycles. The molecular formula is C22H31N5O4S2. The third kappa shape index (κ3) is 5.52. The van der Waals surface area contributed by atoms with Crippen LogP contribution in [0.25, 0.3) is 0 Å². The minimum Gasteiger partial charge on any atom is -0.492 e. The summed E-state index contributed by atoms with van der Waals surface area (Å²) in [5.41, 5.74) is 0.426. The third-order valence-electron chi connectivity index (χ3n) is 5.80. The standard InChI is InChI=1S/C22H31N5O4S2/c1-3-27-21(16-8-9-16)24-25-22(27)32-15-20(28)23-17-10-11-18(31-4-2)19(14-17)33(29,30)26-12-6-5-7-13-26/h10-11,14,16H,3-9,12-13,15H2,1-2H3,(H,23,28). The molecular weight excluding hydrogens is 462 g/mol. The van der Waals surface area contributed by atoms with Gasteiger partial charge in [0, 0.05) is 31.2 Å². The molecule has 0 spiro atoms. The van der Waals surface area contributed by atoms with Crippen molar-refractivity contribution >= 4 is 33.4 Å². The number of hydrogen-bond donors (Lipinski definition) is 1. The highest BCUT2D eigenvalue weighted by molar-refractivity contribution is 7.99. The molecule has 9 nitrogen and oxygen atoms in total. The highest BCUT2D eigenvalue weighted by Gasteiger charge is 2.31. The maximum atomic E-state index is 13.3. The fourth-order valence-corrected chi connectivity index (χ4v) is 6.46. The fourth-order valence-electron chi connectivity index (χ4n) is 3.98. The van der Waals surface area contributed by atoms with Crippen LogP contribution in [0.2, 0.25) is 0 Å². The molecule has 1 amide bonds. The summed E-state index contributed by atoms with van der Waals surface area (Å²) in [7, 11) is -3.71. The van der Waals surface area contributed by atoms with Gasteiger partial charge in [-0.1, -0.05) is 18.2 Å². The van der Waals surface area contributed by atoms with Crippen LogP contribution in [0.5, 0.6) is 5.75 Å². The number of ether oxygens (including phenoxy) is 1. The molecule has 180 valence electrons. The lowest BCUT2D eigenvalue weighted by atomic mass is 10.2. The van der Waals surface area contributed by atoms with Gasteiger partial charge in [0.05, 0.1) is 12.4 Å². The number of rotatable bonds is 10. The van der Waals surface area contributed by atoms with Crippen LogP contribution in [0, 0.1) is 0 Å². The number of piperidine rings is 1. The Kier molecular flexibility index (Phi) is 7.60. The smallest absolute Gasteiger partial charge is 0.246 e.